The summed E-state index contributed by atoms with van der Waals surface area (Å²) in [5.74, 6) is 0. The summed E-state index contributed by atoms with van der Waals surface area (Å²) in [5.41, 5.74) is 4.15. The summed E-state index contributed by atoms with van der Waals surface area (Å²) in [4.78, 5) is 0. The maximum absolute atomic E-state index is 3.81. The first-order valence-electron chi connectivity index (χ1n) is 6.60. The Hall–Kier alpha value is -1.08. The number of rotatable bonds is 7. The number of allylic oxidation sites excluding steroid dienone is 1. The monoisotopic (exact) mass is 231 g/mol. The van der Waals surface area contributed by atoms with E-state index in [-0.39, 0.29) is 0 Å². The minimum absolute atomic E-state index is 0.465. The molecule has 1 atom stereocenters. The molecule has 0 aromatic heterocycles. The summed E-state index contributed by atoms with van der Waals surface area (Å²) in [6.07, 6.45) is 5.37. The Morgan fingerprint density at radius 1 is 1.29 bits per heavy atom. The predicted molar refractivity (Wildman–Crippen MR) is 76.4 cm³/mol. The number of benzene rings is 1. The Bertz CT molecular complexity index is 355. The van der Waals surface area contributed by atoms with Crippen molar-refractivity contribution in [2.75, 3.05) is 6.54 Å². The highest BCUT2D eigenvalue weighted by Crippen LogP contribution is 2.21. The maximum atomic E-state index is 3.81. The molecule has 0 saturated carbocycles. The van der Waals surface area contributed by atoms with Crippen LogP contribution in [-0.4, -0.2) is 6.54 Å². The van der Waals surface area contributed by atoms with Crippen molar-refractivity contribution in [1.29, 1.82) is 0 Å². The van der Waals surface area contributed by atoms with Gasteiger partial charge in [-0.05, 0) is 56.3 Å². The second kappa shape index (κ2) is 7.29. The van der Waals surface area contributed by atoms with Gasteiger partial charge in [-0.1, -0.05) is 31.2 Å². The van der Waals surface area contributed by atoms with Crippen LogP contribution in [0.3, 0.4) is 0 Å². The zero-order chi connectivity index (χ0) is 12.7. The lowest BCUT2D eigenvalue weighted by Crippen LogP contribution is -2.22. The number of hydrogen-bond donors (Lipinski definition) is 1. The molecule has 0 fully saturated rings. The minimum atomic E-state index is 0.465. The molecule has 1 heteroatoms. The van der Waals surface area contributed by atoms with Crippen LogP contribution in [0.2, 0.25) is 0 Å². The van der Waals surface area contributed by atoms with Crippen molar-refractivity contribution in [3.8, 4) is 0 Å². The molecule has 0 spiro atoms. The first-order chi connectivity index (χ1) is 8.19. The van der Waals surface area contributed by atoms with Crippen LogP contribution >= 0.6 is 0 Å². The SMILES string of the molecule is C=CCCC(NCCC)c1ccc(C)c(C)c1. The van der Waals surface area contributed by atoms with Gasteiger partial charge in [-0.2, -0.15) is 0 Å². The normalized spacial score (nSPS) is 12.4. The minimum Gasteiger partial charge on any atom is -0.310 e. The Kier molecular flexibility index (Phi) is 5.99. The first-order valence-corrected chi connectivity index (χ1v) is 6.60. The van der Waals surface area contributed by atoms with Crippen LogP contribution in [0.1, 0.15) is 48.9 Å². The van der Waals surface area contributed by atoms with E-state index in [2.05, 4.69) is 50.9 Å². The fourth-order valence-corrected chi connectivity index (χ4v) is 1.97. The van der Waals surface area contributed by atoms with E-state index in [1.54, 1.807) is 0 Å². The average molecular weight is 231 g/mol. The Labute approximate surface area is 106 Å². The van der Waals surface area contributed by atoms with Gasteiger partial charge < -0.3 is 5.32 Å². The predicted octanol–water partition coefficient (Wildman–Crippen LogP) is 4.31. The molecule has 1 aromatic carbocycles. The van der Waals surface area contributed by atoms with Gasteiger partial charge in [0.25, 0.3) is 0 Å². The first kappa shape index (κ1) is 14.0. The van der Waals surface area contributed by atoms with E-state index in [0.717, 1.165) is 19.4 Å². The highest BCUT2D eigenvalue weighted by atomic mass is 14.9. The summed E-state index contributed by atoms with van der Waals surface area (Å²) in [5, 5.41) is 3.62. The average Bonchev–Trinajstić information content (AvgIpc) is 2.33. The van der Waals surface area contributed by atoms with Crippen molar-refractivity contribution in [3.63, 3.8) is 0 Å². The van der Waals surface area contributed by atoms with Crippen molar-refractivity contribution < 1.29 is 0 Å². The summed E-state index contributed by atoms with van der Waals surface area (Å²) in [7, 11) is 0. The van der Waals surface area contributed by atoms with Crippen molar-refractivity contribution in [1.82, 2.24) is 5.32 Å². The van der Waals surface area contributed by atoms with Crippen molar-refractivity contribution in [2.45, 2.75) is 46.1 Å². The van der Waals surface area contributed by atoms with E-state index in [0.29, 0.717) is 6.04 Å². The number of aryl methyl sites for hydroxylation is 2. The lowest BCUT2D eigenvalue weighted by atomic mass is 9.98. The topological polar surface area (TPSA) is 12.0 Å². The van der Waals surface area contributed by atoms with E-state index >= 15 is 0 Å². The van der Waals surface area contributed by atoms with E-state index < -0.39 is 0 Å². The van der Waals surface area contributed by atoms with Crippen molar-refractivity contribution in [2.24, 2.45) is 0 Å². The van der Waals surface area contributed by atoms with Crippen LogP contribution in [-0.2, 0) is 0 Å². The Balaban J connectivity index is 2.78. The third kappa shape index (κ3) is 4.35. The zero-order valence-corrected chi connectivity index (χ0v) is 11.4. The van der Waals surface area contributed by atoms with Crippen LogP contribution in [0, 0.1) is 13.8 Å². The summed E-state index contributed by atoms with van der Waals surface area (Å²) >= 11 is 0. The molecule has 0 bridgehead atoms. The van der Waals surface area contributed by atoms with Gasteiger partial charge in [0.1, 0.15) is 0 Å². The Morgan fingerprint density at radius 3 is 2.65 bits per heavy atom. The van der Waals surface area contributed by atoms with E-state index in [1.165, 1.54) is 23.1 Å². The molecule has 17 heavy (non-hydrogen) atoms. The molecule has 0 aliphatic rings. The second-order valence-electron chi connectivity index (χ2n) is 4.72. The van der Waals surface area contributed by atoms with Gasteiger partial charge in [-0.15, -0.1) is 6.58 Å². The molecule has 1 nitrogen and oxygen atoms in total. The molecule has 0 aliphatic heterocycles. The van der Waals surface area contributed by atoms with Crippen LogP contribution in [0.25, 0.3) is 0 Å². The Morgan fingerprint density at radius 2 is 2.06 bits per heavy atom. The van der Waals surface area contributed by atoms with Gasteiger partial charge in [0, 0.05) is 6.04 Å². The summed E-state index contributed by atoms with van der Waals surface area (Å²) < 4.78 is 0. The standard InChI is InChI=1S/C16H25N/c1-5-7-8-16(17-11-6-2)15-10-9-13(3)14(4)12-15/h5,9-10,12,16-17H,1,6-8,11H2,2-4H3. The molecule has 1 N–H and O–H groups in total. The molecule has 1 aromatic rings. The van der Waals surface area contributed by atoms with Crippen molar-refractivity contribution >= 4 is 0 Å². The molecular weight excluding hydrogens is 206 g/mol. The molecule has 1 rings (SSSR count). The molecule has 1 unspecified atom stereocenters. The van der Waals surface area contributed by atoms with Crippen LogP contribution in [0.15, 0.2) is 30.9 Å². The van der Waals surface area contributed by atoms with E-state index in [9.17, 15) is 0 Å². The third-order valence-electron chi connectivity index (χ3n) is 3.23. The molecule has 0 aliphatic carbocycles. The summed E-state index contributed by atoms with van der Waals surface area (Å²) in [6.45, 7) is 11.4. The highest BCUT2D eigenvalue weighted by molar-refractivity contribution is 5.31. The third-order valence-corrected chi connectivity index (χ3v) is 3.23. The van der Waals surface area contributed by atoms with Crippen molar-refractivity contribution in [3.05, 3.63) is 47.5 Å². The highest BCUT2D eigenvalue weighted by Gasteiger charge is 2.10. The summed E-state index contributed by atoms with van der Waals surface area (Å²) in [6, 6.07) is 7.25. The van der Waals surface area contributed by atoms with Gasteiger partial charge in [0.2, 0.25) is 0 Å². The number of nitrogens with one attached hydrogen (secondary N) is 1. The van der Waals surface area contributed by atoms with Gasteiger partial charge in [0.05, 0.1) is 0 Å². The lowest BCUT2D eigenvalue weighted by Gasteiger charge is -2.19. The van der Waals surface area contributed by atoms with Crippen LogP contribution < -0.4 is 5.32 Å². The van der Waals surface area contributed by atoms with E-state index in [1.807, 2.05) is 6.08 Å². The largest absolute Gasteiger partial charge is 0.310 e. The van der Waals surface area contributed by atoms with Gasteiger partial charge in [-0.25, -0.2) is 0 Å². The fraction of sp³-hybridized carbons (Fsp3) is 0.500. The van der Waals surface area contributed by atoms with Gasteiger partial charge >= 0.3 is 0 Å². The lowest BCUT2D eigenvalue weighted by molar-refractivity contribution is 0.503. The molecule has 0 amide bonds. The van der Waals surface area contributed by atoms with Gasteiger partial charge in [-0.3, -0.25) is 0 Å². The van der Waals surface area contributed by atoms with Gasteiger partial charge in [0.15, 0.2) is 0 Å². The van der Waals surface area contributed by atoms with Crippen LogP contribution in [0.5, 0.6) is 0 Å². The molecule has 94 valence electrons. The molecule has 0 radical (unpaired) electrons. The number of hydrogen-bond acceptors (Lipinski definition) is 1. The quantitative estimate of drug-likeness (QED) is 0.689. The maximum Gasteiger partial charge on any atom is 0.0323 e. The fourth-order valence-electron chi connectivity index (χ4n) is 1.97. The second-order valence-corrected chi connectivity index (χ2v) is 4.72. The smallest absolute Gasteiger partial charge is 0.0323 e. The molecule has 0 saturated heterocycles. The molecular formula is C16H25N. The zero-order valence-electron chi connectivity index (χ0n) is 11.4. The van der Waals surface area contributed by atoms with E-state index in [4.69, 9.17) is 0 Å². The molecule has 0 heterocycles. The van der Waals surface area contributed by atoms with Crippen LogP contribution in [0.4, 0.5) is 0 Å².